The van der Waals surface area contributed by atoms with Gasteiger partial charge >= 0.3 is 5.97 Å². The predicted molar refractivity (Wildman–Crippen MR) is 76.3 cm³/mol. The van der Waals surface area contributed by atoms with Gasteiger partial charge in [-0.15, -0.1) is 0 Å². The summed E-state index contributed by atoms with van der Waals surface area (Å²) in [4.78, 5) is 32.9. The summed E-state index contributed by atoms with van der Waals surface area (Å²) in [5, 5.41) is 2.15. The maximum absolute atomic E-state index is 13.4. The molecule has 0 bridgehead atoms. The topological polar surface area (TPSA) is 98.5 Å². The fourth-order valence-corrected chi connectivity index (χ4v) is 1.60. The molecule has 1 aromatic carbocycles. The predicted octanol–water partition coefficient (Wildman–Crippen LogP) is 0.746. The van der Waals surface area contributed by atoms with Gasteiger partial charge in [0.1, 0.15) is 5.82 Å². The minimum Gasteiger partial charge on any atom is -0.452 e. The molecule has 0 spiro atoms. The van der Waals surface area contributed by atoms with Crippen LogP contribution in [-0.2, 0) is 19.1 Å². The second-order valence-corrected chi connectivity index (χ2v) is 4.77. The molecule has 1 rings (SSSR count). The number of carbonyl (C=O) groups is 3. The number of esters is 1. The van der Waals surface area contributed by atoms with Crippen molar-refractivity contribution < 1.29 is 23.5 Å². The molecule has 0 aliphatic heterocycles. The van der Waals surface area contributed by atoms with Crippen molar-refractivity contribution in [2.24, 2.45) is 5.73 Å². The zero-order valence-corrected chi connectivity index (χ0v) is 12.4. The molecule has 0 atom stereocenters. The first-order chi connectivity index (χ1) is 9.88. The second kappa shape index (κ2) is 8.15. The van der Waals surface area contributed by atoms with E-state index in [0.717, 1.165) is 6.08 Å². The van der Waals surface area contributed by atoms with Crippen LogP contribution in [0.5, 0.6) is 0 Å². The maximum Gasteiger partial charge on any atom is 0.331 e. The Hall–Kier alpha value is -2.22. The van der Waals surface area contributed by atoms with Crippen LogP contribution in [0.15, 0.2) is 28.7 Å². The van der Waals surface area contributed by atoms with Crippen LogP contribution in [0.4, 0.5) is 4.39 Å². The Bertz CT molecular complexity index is 590. The van der Waals surface area contributed by atoms with E-state index in [9.17, 15) is 18.8 Å². The zero-order valence-electron chi connectivity index (χ0n) is 10.8. The molecule has 21 heavy (non-hydrogen) atoms. The highest BCUT2D eigenvalue weighted by Crippen LogP contribution is 2.16. The van der Waals surface area contributed by atoms with Crippen molar-refractivity contribution in [3.8, 4) is 0 Å². The SMILES string of the molecule is NC(=O)CNC(=O)COC(=O)/C=C/c1cc(Br)ccc1F. The molecule has 0 saturated heterocycles. The van der Waals surface area contributed by atoms with Gasteiger partial charge in [-0.25, -0.2) is 9.18 Å². The monoisotopic (exact) mass is 358 g/mol. The summed E-state index contributed by atoms with van der Waals surface area (Å²) < 4.78 is 18.6. The van der Waals surface area contributed by atoms with Gasteiger partial charge in [-0.1, -0.05) is 15.9 Å². The Morgan fingerprint density at radius 2 is 2.10 bits per heavy atom. The van der Waals surface area contributed by atoms with Gasteiger partial charge in [-0.2, -0.15) is 0 Å². The highest BCUT2D eigenvalue weighted by Gasteiger charge is 2.06. The highest BCUT2D eigenvalue weighted by molar-refractivity contribution is 9.10. The minimum absolute atomic E-state index is 0.194. The van der Waals surface area contributed by atoms with Gasteiger partial charge in [0.2, 0.25) is 5.91 Å². The fraction of sp³-hybridized carbons (Fsp3) is 0.154. The Kier molecular flexibility index (Phi) is 6.54. The maximum atomic E-state index is 13.4. The van der Waals surface area contributed by atoms with E-state index in [2.05, 4.69) is 26.0 Å². The quantitative estimate of drug-likeness (QED) is 0.578. The molecule has 0 aliphatic carbocycles. The number of amides is 2. The average Bonchev–Trinajstić information content (AvgIpc) is 2.43. The van der Waals surface area contributed by atoms with Crippen molar-refractivity contribution in [2.45, 2.75) is 0 Å². The number of ether oxygens (including phenoxy) is 1. The number of nitrogens with two attached hydrogens (primary N) is 1. The summed E-state index contributed by atoms with van der Waals surface area (Å²) in [6, 6.07) is 4.25. The van der Waals surface area contributed by atoms with Crippen LogP contribution in [-0.4, -0.2) is 30.9 Å². The van der Waals surface area contributed by atoms with E-state index in [4.69, 9.17) is 5.73 Å². The summed E-state index contributed by atoms with van der Waals surface area (Å²) in [7, 11) is 0. The summed E-state index contributed by atoms with van der Waals surface area (Å²) in [5.74, 6) is -2.69. The molecular weight excluding hydrogens is 347 g/mol. The first-order valence-electron chi connectivity index (χ1n) is 5.73. The second-order valence-electron chi connectivity index (χ2n) is 3.85. The number of hydrogen-bond donors (Lipinski definition) is 2. The average molecular weight is 359 g/mol. The Morgan fingerprint density at radius 1 is 1.38 bits per heavy atom. The van der Waals surface area contributed by atoms with Crippen LogP contribution in [0.1, 0.15) is 5.56 Å². The van der Waals surface area contributed by atoms with Gasteiger partial charge in [0.25, 0.3) is 5.91 Å². The van der Waals surface area contributed by atoms with Crippen LogP contribution in [0.2, 0.25) is 0 Å². The lowest BCUT2D eigenvalue weighted by Crippen LogP contribution is -2.35. The number of rotatable bonds is 6. The highest BCUT2D eigenvalue weighted by atomic mass is 79.9. The van der Waals surface area contributed by atoms with Crippen molar-refractivity contribution in [1.82, 2.24) is 5.32 Å². The number of carbonyl (C=O) groups excluding carboxylic acids is 3. The summed E-state index contributed by atoms with van der Waals surface area (Å²) >= 11 is 3.17. The lowest BCUT2D eigenvalue weighted by molar-refractivity contribution is -0.143. The van der Waals surface area contributed by atoms with E-state index in [1.54, 1.807) is 0 Å². The van der Waals surface area contributed by atoms with Crippen molar-refractivity contribution in [3.63, 3.8) is 0 Å². The minimum atomic E-state index is -0.816. The molecule has 6 nitrogen and oxygen atoms in total. The molecule has 112 valence electrons. The van der Waals surface area contributed by atoms with Crippen molar-refractivity contribution >= 4 is 39.8 Å². The Balaban J connectivity index is 2.46. The number of nitrogens with one attached hydrogen (secondary N) is 1. The molecule has 3 N–H and O–H groups in total. The van der Waals surface area contributed by atoms with Crippen LogP contribution in [0.25, 0.3) is 6.08 Å². The third-order valence-electron chi connectivity index (χ3n) is 2.16. The van der Waals surface area contributed by atoms with Crippen LogP contribution in [0.3, 0.4) is 0 Å². The molecule has 0 saturated carbocycles. The molecule has 0 unspecified atom stereocenters. The van der Waals surface area contributed by atoms with Crippen LogP contribution in [0, 0.1) is 5.82 Å². The van der Waals surface area contributed by atoms with E-state index >= 15 is 0 Å². The molecule has 0 aromatic heterocycles. The number of hydrogen-bond acceptors (Lipinski definition) is 4. The van der Waals surface area contributed by atoms with Crippen molar-refractivity contribution in [2.75, 3.05) is 13.2 Å². The smallest absolute Gasteiger partial charge is 0.331 e. The third kappa shape index (κ3) is 6.66. The van der Waals surface area contributed by atoms with Crippen LogP contribution >= 0.6 is 15.9 Å². The van der Waals surface area contributed by atoms with Gasteiger partial charge in [0, 0.05) is 16.1 Å². The fourth-order valence-electron chi connectivity index (χ4n) is 1.22. The largest absolute Gasteiger partial charge is 0.452 e. The Labute approximate surface area is 128 Å². The summed E-state index contributed by atoms with van der Waals surface area (Å²) in [6.07, 6.45) is 2.22. The lowest BCUT2D eigenvalue weighted by Gasteiger charge is -2.03. The third-order valence-corrected chi connectivity index (χ3v) is 2.66. The zero-order chi connectivity index (χ0) is 15.8. The van der Waals surface area contributed by atoms with Gasteiger partial charge < -0.3 is 15.8 Å². The number of benzene rings is 1. The summed E-state index contributed by atoms with van der Waals surface area (Å²) in [6.45, 7) is -0.896. The van der Waals surface area contributed by atoms with E-state index < -0.39 is 30.2 Å². The lowest BCUT2D eigenvalue weighted by atomic mass is 10.2. The van der Waals surface area contributed by atoms with Gasteiger partial charge in [-0.05, 0) is 24.3 Å². The van der Waals surface area contributed by atoms with Gasteiger partial charge in [0.05, 0.1) is 6.54 Å². The normalized spacial score (nSPS) is 10.4. The first-order valence-corrected chi connectivity index (χ1v) is 6.52. The van der Waals surface area contributed by atoms with E-state index in [-0.39, 0.29) is 12.1 Å². The number of primary amides is 1. The Morgan fingerprint density at radius 3 is 2.76 bits per heavy atom. The van der Waals surface area contributed by atoms with E-state index in [0.29, 0.717) is 4.47 Å². The molecule has 8 heteroatoms. The van der Waals surface area contributed by atoms with E-state index in [1.165, 1.54) is 24.3 Å². The molecule has 0 radical (unpaired) electrons. The van der Waals surface area contributed by atoms with Crippen molar-refractivity contribution in [3.05, 3.63) is 40.1 Å². The first kappa shape index (κ1) is 16.8. The molecule has 2 amide bonds. The van der Waals surface area contributed by atoms with E-state index in [1.807, 2.05) is 0 Å². The molecule has 0 heterocycles. The molecular formula is C13H12BrFN2O4. The summed E-state index contributed by atoms with van der Waals surface area (Å²) in [5.41, 5.74) is 5.02. The standard InChI is InChI=1S/C13H12BrFN2O4/c14-9-2-3-10(15)8(5-9)1-4-13(20)21-7-12(19)17-6-11(16)18/h1-5H,6-7H2,(H2,16,18)(H,17,19)/b4-1+. The molecule has 0 fully saturated rings. The molecule has 0 aliphatic rings. The number of halogens is 2. The van der Waals surface area contributed by atoms with Gasteiger partial charge in [0.15, 0.2) is 6.61 Å². The van der Waals surface area contributed by atoms with Crippen molar-refractivity contribution in [1.29, 1.82) is 0 Å². The van der Waals surface area contributed by atoms with Crippen LogP contribution < -0.4 is 11.1 Å². The van der Waals surface area contributed by atoms with Gasteiger partial charge in [-0.3, -0.25) is 9.59 Å². The molecule has 1 aromatic rings.